The Morgan fingerprint density at radius 1 is 1.26 bits per heavy atom. The van der Waals surface area contributed by atoms with Gasteiger partial charge < -0.3 is 14.4 Å². The van der Waals surface area contributed by atoms with Crippen molar-refractivity contribution in [1.82, 2.24) is 4.90 Å². The first-order valence-electron chi connectivity index (χ1n) is 5.79. The van der Waals surface area contributed by atoms with Gasteiger partial charge in [-0.25, -0.2) is 4.39 Å². The lowest BCUT2D eigenvalue weighted by atomic mass is 10.3. The second-order valence-corrected chi connectivity index (χ2v) is 3.73. The molecule has 0 unspecified atom stereocenters. The van der Waals surface area contributed by atoms with Gasteiger partial charge >= 0.3 is 5.97 Å². The Hall–Kier alpha value is -2.11. The van der Waals surface area contributed by atoms with Crippen LogP contribution in [0.5, 0.6) is 5.75 Å². The third-order valence-corrected chi connectivity index (χ3v) is 2.46. The quantitative estimate of drug-likeness (QED) is 0.729. The highest BCUT2D eigenvalue weighted by molar-refractivity contribution is 5.82. The molecular weight excluding hydrogens is 253 g/mol. The zero-order valence-electron chi connectivity index (χ0n) is 10.9. The van der Waals surface area contributed by atoms with Crippen LogP contribution in [0.2, 0.25) is 0 Å². The first kappa shape index (κ1) is 14.9. The second kappa shape index (κ2) is 7.35. The number of esters is 1. The van der Waals surface area contributed by atoms with Gasteiger partial charge in [-0.15, -0.1) is 0 Å². The topological polar surface area (TPSA) is 55.8 Å². The number of likely N-dealkylation sites (N-methyl/N-ethyl adjacent to an activating group) is 1. The summed E-state index contributed by atoms with van der Waals surface area (Å²) in [4.78, 5) is 24.2. The van der Waals surface area contributed by atoms with E-state index in [0.717, 1.165) is 0 Å². The zero-order chi connectivity index (χ0) is 14.3. The number of hydrogen-bond acceptors (Lipinski definition) is 4. The van der Waals surface area contributed by atoms with Gasteiger partial charge in [0, 0.05) is 6.54 Å². The van der Waals surface area contributed by atoms with E-state index >= 15 is 0 Å². The molecule has 0 N–H and O–H groups in total. The van der Waals surface area contributed by atoms with Gasteiger partial charge in [-0.1, -0.05) is 0 Å². The third kappa shape index (κ3) is 4.95. The van der Waals surface area contributed by atoms with E-state index in [9.17, 15) is 14.0 Å². The fourth-order valence-corrected chi connectivity index (χ4v) is 1.36. The molecule has 0 aliphatic heterocycles. The van der Waals surface area contributed by atoms with Crippen LogP contribution in [0.15, 0.2) is 24.3 Å². The standard InChI is InChI=1S/C13H16FNO4/c1-3-15(8-13(17)18-2)12(16)9-19-11-6-4-10(14)5-7-11/h4-7H,3,8-9H2,1-2H3. The first-order valence-corrected chi connectivity index (χ1v) is 5.79. The SMILES string of the molecule is CCN(CC(=O)OC)C(=O)COc1ccc(F)cc1. The van der Waals surface area contributed by atoms with Crippen molar-refractivity contribution in [3.63, 3.8) is 0 Å². The van der Waals surface area contributed by atoms with E-state index in [1.165, 1.54) is 36.3 Å². The molecule has 1 aromatic carbocycles. The monoisotopic (exact) mass is 269 g/mol. The summed E-state index contributed by atoms with van der Waals surface area (Å²) in [6.45, 7) is 1.80. The largest absolute Gasteiger partial charge is 0.484 e. The molecule has 104 valence electrons. The van der Waals surface area contributed by atoms with Crippen molar-refractivity contribution in [2.75, 3.05) is 26.8 Å². The minimum atomic E-state index is -0.489. The Labute approximate surface area is 110 Å². The Kier molecular flexibility index (Phi) is 5.78. The molecule has 0 saturated heterocycles. The van der Waals surface area contributed by atoms with Crippen LogP contribution in [0.4, 0.5) is 4.39 Å². The highest BCUT2D eigenvalue weighted by Crippen LogP contribution is 2.11. The van der Waals surface area contributed by atoms with Gasteiger partial charge in [-0.3, -0.25) is 9.59 Å². The summed E-state index contributed by atoms with van der Waals surface area (Å²) in [5.74, 6) is -0.808. The molecule has 19 heavy (non-hydrogen) atoms. The Morgan fingerprint density at radius 3 is 2.42 bits per heavy atom. The van der Waals surface area contributed by atoms with E-state index in [1.807, 2.05) is 0 Å². The van der Waals surface area contributed by atoms with Gasteiger partial charge in [0.05, 0.1) is 7.11 Å². The van der Waals surface area contributed by atoms with Crippen molar-refractivity contribution in [3.8, 4) is 5.75 Å². The maximum Gasteiger partial charge on any atom is 0.325 e. The first-order chi connectivity index (χ1) is 9.06. The molecular formula is C13H16FNO4. The van der Waals surface area contributed by atoms with Crippen LogP contribution in [-0.4, -0.2) is 43.6 Å². The van der Waals surface area contributed by atoms with Crippen LogP contribution in [0.1, 0.15) is 6.92 Å². The molecule has 0 aromatic heterocycles. The highest BCUT2D eigenvalue weighted by Gasteiger charge is 2.16. The maximum atomic E-state index is 12.7. The number of rotatable bonds is 6. The molecule has 1 rings (SSSR count). The van der Waals surface area contributed by atoms with Crippen LogP contribution in [0, 0.1) is 5.82 Å². The zero-order valence-corrected chi connectivity index (χ0v) is 10.9. The Bertz CT molecular complexity index is 433. The summed E-state index contributed by atoms with van der Waals surface area (Å²) in [6, 6.07) is 5.34. The molecule has 1 amide bonds. The van der Waals surface area contributed by atoms with Crippen molar-refractivity contribution >= 4 is 11.9 Å². The fraction of sp³-hybridized carbons (Fsp3) is 0.385. The van der Waals surface area contributed by atoms with Gasteiger partial charge in [0.1, 0.15) is 18.1 Å². The molecule has 0 bridgehead atoms. The van der Waals surface area contributed by atoms with Crippen molar-refractivity contribution in [1.29, 1.82) is 0 Å². The van der Waals surface area contributed by atoms with Crippen molar-refractivity contribution in [3.05, 3.63) is 30.1 Å². The number of benzene rings is 1. The highest BCUT2D eigenvalue weighted by atomic mass is 19.1. The van der Waals surface area contributed by atoms with Crippen molar-refractivity contribution in [2.45, 2.75) is 6.92 Å². The van der Waals surface area contributed by atoms with E-state index in [2.05, 4.69) is 4.74 Å². The molecule has 0 fully saturated rings. The number of nitrogens with zero attached hydrogens (tertiary/aromatic N) is 1. The van der Waals surface area contributed by atoms with Crippen LogP contribution in [0.25, 0.3) is 0 Å². The van der Waals surface area contributed by atoms with Gasteiger partial charge in [0.15, 0.2) is 6.61 Å². The van der Waals surface area contributed by atoms with Gasteiger partial charge in [0.25, 0.3) is 5.91 Å². The molecule has 5 nitrogen and oxygen atoms in total. The van der Waals surface area contributed by atoms with Crippen molar-refractivity contribution < 1.29 is 23.5 Å². The number of halogens is 1. The summed E-state index contributed by atoms with van der Waals surface area (Å²) < 4.78 is 22.4. The lowest BCUT2D eigenvalue weighted by molar-refractivity contribution is -0.147. The molecule has 1 aromatic rings. The number of methoxy groups -OCH3 is 1. The molecule has 6 heteroatoms. The molecule has 0 atom stereocenters. The predicted octanol–water partition coefficient (Wildman–Crippen LogP) is 1.23. The van der Waals surface area contributed by atoms with E-state index in [-0.39, 0.29) is 24.9 Å². The second-order valence-electron chi connectivity index (χ2n) is 3.73. The van der Waals surface area contributed by atoms with Crippen LogP contribution in [-0.2, 0) is 14.3 Å². The average molecular weight is 269 g/mol. The number of hydrogen-bond donors (Lipinski definition) is 0. The molecule has 0 aliphatic carbocycles. The normalized spacial score (nSPS) is 9.84. The molecule has 0 aliphatic rings. The summed E-state index contributed by atoms with van der Waals surface area (Å²) in [5, 5.41) is 0. The summed E-state index contributed by atoms with van der Waals surface area (Å²) in [6.07, 6.45) is 0. The van der Waals surface area contributed by atoms with E-state index < -0.39 is 5.97 Å². The van der Waals surface area contributed by atoms with E-state index in [0.29, 0.717) is 12.3 Å². The number of ether oxygens (including phenoxy) is 2. The van der Waals surface area contributed by atoms with Crippen LogP contribution >= 0.6 is 0 Å². The van der Waals surface area contributed by atoms with Crippen LogP contribution < -0.4 is 4.74 Å². The molecule has 0 spiro atoms. The van der Waals surface area contributed by atoms with Crippen LogP contribution in [0.3, 0.4) is 0 Å². The average Bonchev–Trinajstić information content (AvgIpc) is 2.43. The summed E-state index contributed by atoms with van der Waals surface area (Å²) in [5.41, 5.74) is 0. The number of carbonyl (C=O) groups excluding carboxylic acids is 2. The van der Waals surface area contributed by atoms with Gasteiger partial charge in [-0.2, -0.15) is 0 Å². The smallest absolute Gasteiger partial charge is 0.325 e. The minimum Gasteiger partial charge on any atom is -0.484 e. The van der Waals surface area contributed by atoms with E-state index in [4.69, 9.17) is 4.74 Å². The molecule has 0 saturated carbocycles. The molecule has 0 heterocycles. The Morgan fingerprint density at radius 2 is 1.89 bits per heavy atom. The lowest BCUT2D eigenvalue weighted by Crippen LogP contribution is -2.38. The van der Waals surface area contributed by atoms with Gasteiger partial charge in [-0.05, 0) is 31.2 Å². The predicted molar refractivity (Wildman–Crippen MR) is 66.2 cm³/mol. The fourth-order valence-electron chi connectivity index (χ4n) is 1.36. The summed E-state index contributed by atoms with van der Waals surface area (Å²) in [7, 11) is 1.26. The number of amides is 1. The van der Waals surface area contributed by atoms with Crippen molar-refractivity contribution in [2.24, 2.45) is 0 Å². The van der Waals surface area contributed by atoms with Gasteiger partial charge in [0.2, 0.25) is 0 Å². The number of carbonyl (C=O) groups is 2. The van der Waals surface area contributed by atoms with E-state index in [1.54, 1.807) is 6.92 Å². The maximum absolute atomic E-state index is 12.7. The molecule has 0 radical (unpaired) electrons. The summed E-state index contributed by atoms with van der Waals surface area (Å²) >= 11 is 0. The Balaban J connectivity index is 2.48. The third-order valence-electron chi connectivity index (χ3n) is 2.46. The minimum absolute atomic E-state index is 0.112. The lowest BCUT2D eigenvalue weighted by Gasteiger charge is -2.19.